The van der Waals surface area contributed by atoms with E-state index in [0.717, 1.165) is 18.6 Å². The Morgan fingerprint density at radius 1 is 1.53 bits per heavy atom. The van der Waals surface area contributed by atoms with Gasteiger partial charge < -0.3 is 16.2 Å². The highest BCUT2D eigenvalue weighted by atomic mass is 16.5. The number of nitrogens with two attached hydrogens (primary N) is 2. The average Bonchev–Trinajstić information content (AvgIpc) is 3.13. The van der Waals surface area contributed by atoms with Gasteiger partial charge in [-0.15, -0.1) is 0 Å². The molecule has 94 valence electrons. The van der Waals surface area contributed by atoms with Crippen molar-refractivity contribution in [2.75, 3.05) is 12.3 Å². The molecule has 0 spiro atoms. The van der Waals surface area contributed by atoms with E-state index >= 15 is 0 Å². The quantitative estimate of drug-likeness (QED) is 0.780. The van der Waals surface area contributed by atoms with E-state index in [4.69, 9.17) is 16.2 Å². The normalized spacial score (nSPS) is 18.9. The molecule has 1 fully saturated rings. The molecule has 0 bridgehead atoms. The third kappa shape index (κ3) is 3.17. The van der Waals surface area contributed by atoms with Gasteiger partial charge in [-0.3, -0.25) is 0 Å². The van der Waals surface area contributed by atoms with Gasteiger partial charge in [0.05, 0.1) is 6.10 Å². The van der Waals surface area contributed by atoms with Crippen LogP contribution in [0.5, 0.6) is 0 Å². The molecule has 1 aliphatic carbocycles. The molecule has 0 saturated heterocycles. The molecule has 0 amide bonds. The molecule has 2 rings (SSSR count). The summed E-state index contributed by atoms with van der Waals surface area (Å²) < 4.78 is 5.75. The van der Waals surface area contributed by atoms with Gasteiger partial charge in [-0.05, 0) is 43.7 Å². The van der Waals surface area contributed by atoms with Gasteiger partial charge >= 0.3 is 0 Å². The fourth-order valence-corrected chi connectivity index (χ4v) is 2.22. The van der Waals surface area contributed by atoms with Crippen LogP contribution < -0.4 is 11.5 Å². The second-order valence-electron chi connectivity index (χ2n) is 4.67. The topological polar surface area (TPSA) is 74.2 Å². The molecule has 17 heavy (non-hydrogen) atoms. The Morgan fingerprint density at radius 3 is 2.88 bits per heavy atom. The van der Waals surface area contributed by atoms with E-state index in [2.05, 4.69) is 4.98 Å². The van der Waals surface area contributed by atoms with Gasteiger partial charge in [0, 0.05) is 18.8 Å². The van der Waals surface area contributed by atoms with E-state index in [1.54, 1.807) is 6.20 Å². The van der Waals surface area contributed by atoms with Crippen molar-refractivity contribution in [2.45, 2.75) is 38.3 Å². The summed E-state index contributed by atoms with van der Waals surface area (Å²) in [5, 5.41) is 0. The Morgan fingerprint density at radius 2 is 2.29 bits per heavy atom. The van der Waals surface area contributed by atoms with E-state index in [9.17, 15) is 0 Å². The van der Waals surface area contributed by atoms with Crippen molar-refractivity contribution in [1.82, 2.24) is 4.98 Å². The molecule has 0 aliphatic heterocycles. The predicted octanol–water partition coefficient (Wildman–Crippen LogP) is 1.35. The lowest BCUT2D eigenvalue weighted by molar-refractivity contribution is 0.0288. The first-order chi connectivity index (χ1) is 8.22. The van der Waals surface area contributed by atoms with Crippen molar-refractivity contribution < 1.29 is 4.74 Å². The van der Waals surface area contributed by atoms with Crippen molar-refractivity contribution in [2.24, 2.45) is 11.7 Å². The molecule has 4 nitrogen and oxygen atoms in total. The lowest BCUT2D eigenvalue weighted by Gasteiger charge is -2.24. The van der Waals surface area contributed by atoms with Crippen LogP contribution in [0.1, 0.15) is 25.3 Å². The molecule has 1 aliphatic rings. The fraction of sp³-hybridized carbons (Fsp3) is 0.615. The third-order valence-electron chi connectivity index (χ3n) is 3.25. The molecule has 0 radical (unpaired) electrons. The molecule has 0 aromatic carbocycles. The lowest BCUT2D eigenvalue weighted by atomic mass is 9.99. The molecule has 4 heteroatoms. The highest BCUT2D eigenvalue weighted by molar-refractivity contribution is 5.39. The number of ether oxygens (including phenoxy) is 1. The summed E-state index contributed by atoms with van der Waals surface area (Å²) in [4.78, 5) is 4.08. The molecular formula is C13H21N3O. The minimum absolute atomic E-state index is 0.00829. The number of pyridine rings is 1. The highest BCUT2D eigenvalue weighted by Gasteiger charge is 2.35. The molecule has 1 aromatic rings. The van der Waals surface area contributed by atoms with Gasteiger partial charge in [0.25, 0.3) is 0 Å². The number of aromatic nitrogens is 1. The van der Waals surface area contributed by atoms with Gasteiger partial charge in [-0.1, -0.05) is 6.07 Å². The second kappa shape index (κ2) is 5.47. The monoisotopic (exact) mass is 235 g/mol. The number of hydrogen-bond acceptors (Lipinski definition) is 4. The third-order valence-corrected chi connectivity index (χ3v) is 3.25. The fourth-order valence-electron chi connectivity index (χ4n) is 2.22. The van der Waals surface area contributed by atoms with E-state index in [-0.39, 0.29) is 12.1 Å². The molecule has 2 atom stereocenters. The Hall–Kier alpha value is -1.13. The predicted molar refractivity (Wildman–Crippen MR) is 68.5 cm³/mol. The number of nitrogens with zero attached hydrogens (tertiary/aromatic N) is 1. The maximum atomic E-state index is 6.24. The van der Waals surface area contributed by atoms with Gasteiger partial charge in [-0.2, -0.15) is 0 Å². The molecule has 1 saturated carbocycles. The zero-order valence-corrected chi connectivity index (χ0v) is 10.3. The summed E-state index contributed by atoms with van der Waals surface area (Å²) in [6.45, 7) is 2.73. The first-order valence-electron chi connectivity index (χ1n) is 6.29. The number of anilines is 1. The first kappa shape index (κ1) is 12.3. The van der Waals surface area contributed by atoms with Crippen molar-refractivity contribution >= 4 is 5.82 Å². The van der Waals surface area contributed by atoms with Crippen LogP contribution in [-0.4, -0.2) is 23.7 Å². The average molecular weight is 235 g/mol. The van der Waals surface area contributed by atoms with Gasteiger partial charge in [-0.25, -0.2) is 4.98 Å². The van der Waals surface area contributed by atoms with Crippen LogP contribution in [-0.2, 0) is 11.2 Å². The van der Waals surface area contributed by atoms with Crippen molar-refractivity contribution in [3.8, 4) is 0 Å². The molecule has 1 aromatic heterocycles. The smallest absolute Gasteiger partial charge is 0.126 e. The summed E-state index contributed by atoms with van der Waals surface area (Å²) in [6.07, 6.45) is 5.08. The Bertz CT molecular complexity index is 365. The number of nitrogen functional groups attached to an aromatic ring is 1. The molecule has 1 heterocycles. The van der Waals surface area contributed by atoms with Crippen LogP contribution in [0.3, 0.4) is 0 Å². The van der Waals surface area contributed by atoms with Crippen molar-refractivity contribution in [3.63, 3.8) is 0 Å². The summed E-state index contributed by atoms with van der Waals surface area (Å²) in [5.74, 6) is 1.22. The van der Waals surface area contributed by atoms with Crippen LogP contribution >= 0.6 is 0 Å². The first-order valence-corrected chi connectivity index (χ1v) is 6.29. The van der Waals surface area contributed by atoms with Crippen LogP contribution in [0.25, 0.3) is 0 Å². The van der Waals surface area contributed by atoms with Gasteiger partial charge in [0.15, 0.2) is 0 Å². The SMILES string of the molecule is CCOC(C(N)Cc1cccnc1N)C1CC1. The van der Waals surface area contributed by atoms with Crippen molar-refractivity contribution in [1.29, 1.82) is 0 Å². The molecule has 2 unspecified atom stereocenters. The van der Waals surface area contributed by atoms with Crippen LogP contribution in [0.15, 0.2) is 18.3 Å². The summed E-state index contributed by atoms with van der Waals surface area (Å²) >= 11 is 0. The number of hydrogen-bond donors (Lipinski definition) is 2. The van der Waals surface area contributed by atoms with E-state index in [0.29, 0.717) is 11.7 Å². The van der Waals surface area contributed by atoms with Gasteiger partial charge in [0.2, 0.25) is 0 Å². The minimum atomic E-state index is 0.00829. The summed E-state index contributed by atoms with van der Waals surface area (Å²) in [6, 6.07) is 3.89. The van der Waals surface area contributed by atoms with E-state index in [1.165, 1.54) is 12.8 Å². The van der Waals surface area contributed by atoms with Crippen molar-refractivity contribution in [3.05, 3.63) is 23.9 Å². The summed E-state index contributed by atoms with van der Waals surface area (Å²) in [7, 11) is 0. The zero-order chi connectivity index (χ0) is 12.3. The maximum Gasteiger partial charge on any atom is 0.126 e. The lowest BCUT2D eigenvalue weighted by Crippen LogP contribution is -2.40. The van der Waals surface area contributed by atoms with Crippen LogP contribution in [0, 0.1) is 5.92 Å². The standard InChI is InChI=1S/C13H21N3O/c1-2-17-12(9-5-6-9)11(14)8-10-4-3-7-16-13(10)15/h3-4,7,9,11-12H,2,5-6,8,14H2,1H3,(H2,15,16). The Labute approximate surface area is 102 Å². The summed E-state index contributed by atoms with van der Waals surface area (Å²) in [5.41, 5.74) is 13.1. The maximum absolute atomic E-state index is 6.24. The molecule has 4 N–H and O–H groups in total. The second-order valence-corrected chi connectivity index (χ2v) is 4.67. The van der Waals surface area contributed by atoms with E-state index < -0.39 is 0 Å². The Kier molecular flexibility index (Phi) is 3.97. The van der Waals surface area contributed by atoms with Gasteiger partial charge in [0.1, 0.15) is 5.82 Å². The molecular weight excluding hydrogens is 214 g/mol. The van der Waals surface area contributed by atoms with E-state index in [1.807, 2.05) is 19.1 Å². The van der Waals surface area contributed by atoms with Crippen LogP contribution in [0.2, 0.25) is 0 Å². The largest absolute Gasteiger partial charge is 0.383 e. The highest BCUT2D eigenvalue weighted by Crippen LogP contribution is 2.36. The minimum Gasteiger partial charge on any atom is -0.383 e. The zero-order valence-electron chi connectivity index (χ0n) is 10.3. The number of rotatable bonds is 6. The Balaban J connectivity index is 1.99. The van der Waals surface area contributed by atoms with Crippen LogP contribution in [0.4, 0.5) is 5.82 Å².